The maximum atomic E-state index is 13.2. The lowest BCUT2D eigenvalue weighted by Crippen LogP contribution is -2.21. The highest BCUT2D eigenvalue weighted by atomic mass is 35.5. The molecule has 0 atom stereocenters. The van der Waals surface area contributed by atoms with E-state index in [-0.39, 0.29) is 11.5 Å². The van der Waals surface area contributed by atoms with E-state index in [4.69, 9.17) is 16.6 Å². The van der Waals surface area contributed by atoms with Crippen molar-refractivity contribution < 1.29 is 4.79 Å². The van der Waals surface area contributed by atoms with E-state index >= 15 is 0 Å². The summed E-state index contributed by atoms with van der Waals surface area (Å²) in [5, 5.41) is 3.90. The Kier molecular flexibility index (Phi) is 5.97. The molecule has 1 N–H and O–H groups in total. The number of halogens is 1. The maximum absolute atomic E-state index is 13.2. The van der Waals surface area contributed by atoms with Crippen molar-refractivity contribution in [1.82, 2.24) is 19.5 Å². The third kappa shape index (κ3) is 4.48. The summed E-state index contributed by atoms with van der Waals surface area (Å²) in [7, 11) is 3.42. The van der Waals surface area contributed by atoms with Crippen LogP contribution in [-0.2, 0) is 6.42 Å². The van der Waals surface area contributed by atoms with Gasteiger partial charge in [0.2, 0.25) is 0 Å². The lowest BCUT2D eigenvalue weighted by atomic mass is 10.0. The second-order valence-electron chi connectivity index (χ2n) is 8.55. The molecular formula is C28H23ClN4O2. The number of fused-ring (bicyclic) bond motifs is 1. The largest absolute Gasteiger partial charge is 0.345 e. The van der Waals surface area contributed by atoms with Crippen molar-refractivity contribution in [3.8, 4) is 22.4 Å². The quantitative estimate of drug-likeness (QED) is 0.369. The first-order valence-corrected chi connectivity index (χ1v) is 11.5. The minimum atomic E-state index is -0.215. The zero-order chi connectivity index (χ0) is 24.5. The Balaban J connectivity index is 1.67. The van der Waals surface area contributed by atoms with Gasteiger partial charge in [-0.3, -0.25) is 14.7 Å². The van der Waals surface area contributed by atoms with E-state index in [1.165, 1.54) is 15.5 Å². The summed E-state index contributed by atoms with van der Waals surface area (Å²) in [5.41, 5.74) is 5.95. The number of aromatic nitrogens is 3. The van der Waals surface area contributed by atoms with Crippen LogP contribution >= 0.6 is 11.6 Å². The molecule has 0 spiro atoms. The molecule has 5 rings (SSSR count). The van der Waals surface area contributed by atoms with Crippen LogP contribution in [0.2, 0.25) is 5.02 Å². The molecule has 3 aromatic carbocycles. The second-order valence-corrected chi connectivity index (χ2v) is 8.99. The van der Waals surface area contributed by atoms with Crippen LogP contribution in [0.4, 0.5) is 0 Å². The van der Waals surface area contributed by atoms with Gasteiger partial charge in [0.1, 0.15) is 0 Å². The Hall–Kier alpha value is -4.16. The van der Waals surface area contributed by atoms with E-state index in [0.717, 1.165) is 27.9 Å². The molecule has 0 fully saturated rings. The molecule has 0 unspecified atom stereocenters. The van der Waals surface area contributed by atoms with Crippen LogP contribution in [0.1, 0.15) is 21.6 Å². The summed E-state index contributed by atoms with van der Waals surface area (Å²) in [6.07, 6.45) is 0.609. The highest BCUT2D eigenvalue weighted by molar-refractivity contribution is 6.30. The molecular weight excluding hydrogens is 460 g/mol. The van der Waals surface area contributed by atoms with Gasteiger partial charge in [-0.2, -0.15) is 0 Å². The van der Waals surface area contributed by atoms with Crippen LogP contribution < -0.4 is 5.56 Å². The van der Waals surface area contributed by atoms with Crippen LogP contribution in [0.5, 0.6) is 0 Å². The molecule has 35 heavy (non-hydrogen) atoms. The Labute approximate surface area is 207 Å². The van der Waals surface area contributed by atoms with E-state index in [1.807, 2.05) is 54.6 Å². The van der Waals surface area contributed by atoms with Crippen LogP contribution in [0.3, 0.4) is 0 Å². The number of aromatic amines is 1. The Bertz CT molecular complexity index is 1570. The Morgan fingerprint density at radius 1 is 0.943 bits per heavy atom. The predicted octanol–water partition coefficient (Wildman–Crippen LogP) is 5.30. The molecule has 0 aliphatic carbocycles. The van der Waals surface area contributed by atoms with Gasteiger partial charge in [0.05, 0.1) is 5.69 Å². The number of nitrogens with one attached hydrogen (secondary N) is 1. The van der Waals surface area contributed by atoms with Crippen molar-refractivity contribution in [3.63, 3.8) is 0 Å². The molecule has 0 aliphatic heterocycles. The lowest BCUT2D eigenvalue weighted by Gasteiger charge is -2.10. The molecule has 1 amide bonds. The number of benzene rings is 3. The monoisotopic (exact) mass is 482 g/mol. The number of nitrogens with zero attached hydrogens (tertiary/aromatic N) is 3. The zero-order valence-corrected chi connectivity index (χ0v) is 20.1. The van der Waals surface area contributed by atoms with Gasteiger partial charge in [-0.15, -0.1) is 0 Å². The molecule has 0 saturated carbocycles. The van der Waals surface area contributed by atoms with Gasteiger partial charge < -0.3 is 4.90 Å². The maximum Gasteiger partial charge on any atom is 0.273 e. The molecule has 2 aromatic heterocycles. The van der Waals surface area contributed by atoms with Crippen LogP contribution in [0, 0.1) is 0 Å². The van der Waals surface area contributed by atoms with Gasteiger partial charge >= 0.3 is 0 Å². The van der Waals surface area contributed by atoms with E-state index in [0.29, 0.717) is 28.3 Å². The van der Waals surface area contributed by atoms with Crippen LogP contribution in [0.15, 0.2) is 89.7 Å². The SMILES string of the molecule is CN(C)C(=O)c1ccc(-c2cc(=O)n3[nH]c(Cc4ccccc4)c(-c4ccc(Cl)cc4)c3n2)cc1. The average molecular weight is 483 g/mol. The fourth-order valence-corrected chi connectivity index (χ4v) is 4.25. The Morgan fingerprint density at radius 3 is 2.26 bits per heavy atom. The molecule has 174 valence electrons. The van der Waals surface area contributed by atoms with Crippen LogP contribution in [0.25, 0.3) is 28.0 Å². The van der Waals surface area contributed by atoms with Crippen molar-refractivity contribution >= 4 is 23.2 Å². The highest BCUT2D eigenvalue weighted by Crippen LogP contribution is 2.31. The first kappa shape index (κ1) is 22.6. The number of carbonyl (C=O) groups excluding carboxylic acids is 1. The van der Waals surface area contributed by atoms with Gasteiger partial charge in [-0.1, -0.05) is 66.2 Å². The third-order valence-corrected chi connectivity index (χ3v) is 6.13. The van der Waals surface area contributed by atoms with Gasteiger partial charge in [0.25, 0.3) is 11.5 Å². The van der Waals surface area contributed by atoms with Crippen LogP contribution in [-0.4, -0.2) is 39.5 Å². The van der Waals surface area contributed by atoms with Crippen molar-refractivity contribution in [2.45, 2.75) is 6.42 Å². The summed E-state index contributed by atoms with van der Waals surface area (Å²) in [4.78, 5) is 31.8. The number of rotatable bonds is 5. The van der Waals surface area contributed by atoms with Gasteiger partial charge in [0, 0.05) is 54.0 Å². The molecule has 5 aromatic rings. The number of hydrogen-bond donors (Lipinski definition) is 1. The van der Waals surface area contributed by atoms with E-state index in [9.17, 15) is 9.59 Å². The first-order chi connectivity index (χ1) is 16.9. The van der Waals surface area contributed by atoms with Gasteiger partial charge in [-0.05, 0) is 35.4 Å². The standard InChI is InChI=1S/C28H23ClN4O2/c1-32(2)28(35)21-10-8-19(9-11-21)23-17-25(34)33-27(30-23)26(20-12-14-22(29)15-13-20)24(31-33)16-18-6-4-3-5-7-18/h3-15,17,31H,16H2,1-2H3. The molecule has 2 heterocycles. The van der Waals surface area contributed by atoms with Gasteiger partial charge in [-0.25, -0.2) is 9.50 Å². The number of amides is 1. The molecule has 0 aliphatic rings. The predicted molar refractivity (Wildman–Crippen MR) is 139 cm³/mol. The topological polar surface area (TPSA) is 70.5 Å². The average Bonchev–Trinajstić information content (AvgIpc) is 3.23. The third-order valence-electron chi connectivity index (χ3n) is 5.88. The second kappa shape index (κ2) is 9.24. The smallest absolute Gasteiger partial charge is 0.273 e. The highest BCUT2D eigenvalue weighted by Gasteiger charge is 2.18. The summed E-state index contributed by atoms with van der Waals surface area (Å²) >= 11 is 6.14. The van der Waals surface area contributed by atoms with Crippen molar-refractivity contribution in [1.29, 1.82) is 0 Å². The lowest BCUT2D eigenvalue weighted by molar-refractivity contribution is 0.0827. The minimum absolute atomic E-state index is 0.0822. The van der Waals surface area contributed by atoms with Crippen molar-refractivity contribution in [2.75, 3.05) is 14.1 Å². The van der Waals surface area contributed by atoms with E-state index in [1.54, 1.807) is 26.2 Å². The van der Waals surface area contributed by atoms with Crippen molar-refractivity contribution in [3.05, 3.63) is 117 Å². The minimum Gasteiger partial charge on any atom is -0.345 e. The normalized spacial score (nSPS) is 11.1. The fraction of sp³-hybridized carbons (Fsp3) is 0.107. The first-order valence-electron chi connectivity index (χ1n) is 11.2. The fourth-order valence-electron chi connectivity index (χ4n) is 4.12. The number of H-pyrrole nitrogens is 1. The molecule has 6 nitrogen and oxygen atoms in total. The summed E-state index contributed by atoms with van der Waals surface area (Å²) in [5.74, 6) is -0.0822. The summed E-state index contributed by atoms with van der Waals surface area (Å²) in [6, 6.07) is 26.2. The molecule has 0 bridgehead atoms. The molecule has 0 radical (unpaired) electrons. The number of carbonyl (C=O) groups is 1. The summed E-state index contributed by atoms with van der Waals surface area (Å²) < 4.78 is 1.48. The Morgan fingerprint density at radius 2 is 1.60 bits per heavy atom. The molecule has 0 saturated heterocycles. The van der Waals surface area contributed by atoms with E-state index < -0.39 is 0 Å². The number of hydrogen-bond acceptors (Lipinski definition) is 3. The van der Waals surface area contributed by atoms with Gasteiger partial charge in [0.15, 0.2) is 5.65 Å². The summed E-state index contributed by atoms with van der Waals surface area (Å²) in [6.45, 7) is 0. The van der Waals surface area contributed by atoms with E-state index in [2.05, 4.69) is 17.2 Å². The molecule has 7 heteroatoms. The zero-order valence-electron chi connectivity index (χ0n) is 19.3. The van der Waals surface area contributed by atoms with Crippen molar-refractivity contribution in [2.24, 2.45) is 0 Å².